The molecule has 1 aliphatic rings. The van der Waals surface area contributed by atoms with Crippen LogP contribution in [0.5, 0.6) is 5.75 Å². The number of methoxy groups -OCH3 is 1. The maximum atomic E-state index is 11.9. The van der Waals surface area contributed by atoms with Gasteiger partial charge in [-0.3, -0.25) is 9.88 Å². The molecule has 0 radical (unpaired) electrons. The minimum Gasteiger partial charge on any atom is -0.489 e. The number of rotatable bonds is 10. The summed E-state index contributed by atoms with van der Waals surface area (Å²) in [7, 11) is 3.57. The molecule has 44 heavy (non-hydrogen) atoms. The fraction of sp³-hybridized carbons (Fsp3) is 0.243. The van der Waals surface area contributed by atoms with E-state index in [1.165, 1.54) is 12.7 Å². The largest absolute Gasteiger partial charge is 0.489 e. The quantitative estimate of drug-likeness (QED) is 0.188. The van der Waals surface area contributed by atoms with Gasteiger partial charge in [0.05, 0.1) is 30.1 Å². The Kier molecular flexibility index (Phi) is 9.15. The topological polar surface area (TPSA) is 66.9 Å². The summed E-state index contributed by atoms with van der Waals surface area (Å²) in [4.78, 5) is 21.5. The summed E-state index contributed by atoms with van der Waals surface area (Å²) >= 11 is 0. The number of fused-ring (bicyclic) bond motifs is 2. The zero-order chi connectivity index (χ0) is 30.3. The van der Waals surface area contributed by atoms with E-state index in [9.17, 15) is 4.79 Å². The van der Waals surface area contributed by atoms with E-state index in [1.54, 1.807) is 12.1 Å². The molecular weight excluding hydrogens is 548 g/mol. The SMILES string of the molecule is COC(=O)c1ccc(C=C(CNc2cnc3ccc(CN4CCN(C)CC4)cc3c2)COc2cccc3ccccc23)cc1. The van der Waals surface area contributed by atoms with E-state index in [0.29, 0.717) is 18.7 Å². The van der Waals surface area contributed by atoms with E-state index in [0.717, 1.165) is 77.0 Å². The van der Waals surface area contributed by atoms with Crippen LogP contribution in [0.25, 0.3) is 27.8 Å². The van der Waals surface area contributed by atoms with Crippen molar-refractivity contribution in [1.82, 2.24) is 14.8 Å². The van der Waals surface area contributed by atoms with Crippen molar-refractivity contribution >= 4 is 39.4 Å². The molecule has 224 valence electrons. The molecule has 0 unspecified atom stereocenters. The molecule has 1 saturated heterocycles. The first kappa shape index (κ1) is 29.4. The van der Waals surface area contributed by atoms with Crippen molar-refractivity contribution in [2.45, 2.75) is 6.54 Å². The minimum atomic E-state index is -0.350. The number of hydrogen-bond acceptors (Lipinski definition) is 7. The highest BCUT2D eigenvalue weighted by atomic mass is 16.5. The molecule has 1 N–H and O–H groups in total. The Morgan fingerprint density at radius 1 is 0.909 bits per heavy atom. The maximum Gasteiger partial charge on any atom is 0.337 e. The van der Waals surface area contributed by atoms with Gasteiger partial charge in [0.1, 0.15) is 12.4 Å². The lowest BCUT2D eigenvalue weighted by molar-refractivity contribution is 0.0600. The molecule has 2 heterocycles. The van der Waals surface area contributed by atoms with Gasteiger partial charge in [0.2, 0.25) is 0 Å². The van der Waals surface area contributed by atoms with Gasteiger partial charge in [0.25, 0.3) is 0 Å². The molecule has 7 nitrogen and oxygen atoms in total. The van der Waals surface area contributed by atoms with E-state index < -0.39 is 0 Å². The molecule has 0 saturated carbocycles. The number of aromatic nitrogens is 1. The third-order valence-corrected chi connectivity index (χ3v) is 8.13. The molecule has 0 bridgehead atoms. The monoisotopic (exact) mass is 586 g/mol. The first-order valence-electron chi connectivity index (χ1n) is 15.1. The molecule has 5 aromatic rings. The normalized spacial score (nSPS) is 14.5. The van der Waals surface area contributed by atoms with Crippen molar-refractivity contribution in [3.05, 3.63) is 119 Å². The molecule has 1 fully saturated rings. The summed E-state index contributed by atoms with van der Waals surface area (Å²) in [5, 5.41) is 6.92. The van der Waals surface area contributed by atoms with E-state index in [1.807, 2.05) is 42.6 Å². The Morgan fingerprint density at radius 3 is 2.52 bits per heavy atom. The second-order valence-corrected chi connectivity index (χ2v) is 11.4. The van der Waals surface area contributed by atoms with Crippen molar-refractivity contribution in [2.24, 2.45) is 0 Å². The Balaban J connectivity index is 1.20. The molecule has 0 amide bonds. The minimum absolute atomic E-state index is 0.350. The van der Waals surface area contributed by atoms with Gasteiger partial charge < -0.3 is 19.7 Å². The van der Waals surface area contributed by atoms with Crippen LogP contribution >= 0.6 is 0 Å². The Bertz CT molecular complexity index is 1770. The number of piperazine rings is 1. The molecular formula is C37H38N4O3. The van der Waals surface area contributed by atoms with Crippen LogP contribution in [0.3, 0.4) is 0 Å². The second-order valence-electron chi connectivity index (χ2n) is 11.4. The molecule has 4 aromatic carbocycles. The van der Waals surface area contributed by atoms with Crippen LogP contribution in [-0.4, -0.2) is 74.2 Å². The molecule has 0 aliphatic carbocycles. The Hall–Kier alpha value is -4.72. The number of ether oxygens (including phenoxy) is 2. The molecule has 1 aromatic heterocycles. The highest BCUT2D eigenvalue weighted by Crippen LogP contribution is 2.26. The third kappa shape index (κ3) is 7.25. The number of likely N-dealkylation sites (N-methyl/N-ethyl adjacent to an activating group) is 1. The smallest absolute Gasteiger partial charge is 0.337 e. The summed E-state index contributed by atoms with van der Waals surface area (Å²) < 4.78 is 11.2. The van der Waals surface area contributed by atoms with E-state index in [2.05, 4.69) is 70.7 Å². The van der Waals surface area contributed by atoms with Crippen LogP contribution in [0, 0.1) is 0 Å². The average Bonchev–Trinajstić information content (AvgIpc) is 3.06. The first-order chi connectivity index (χ1) is 21.5. The first-order valence-corrected chi connectivity index (χ1v) is 15.1. The van der Waals surface area contributed by atoms with Gasteiger partial charge in [0, 0.05) is 50.0 Å². The van der Waals surface area contributed by atoms with Crippen LogP contribution in [0.15, 0.2) is 103 Å². The second kappa shape index (κ2) is 13.7. The average molecular weight is 587 g/mol. The van der Waals surface area contributed by atoms with Crippen molar-refractivity contribution in [3.8, 4) is 5.75 Å². The lowest BCUT2D eigenvalue weighted by atomic mass is 10.1. The maximum absolute atomic E-state index is 11.9. The van der Waals surface area contributed by atoms with Crippen LogP contribution in [0.4, 0.5) is 5.69 Å². The lowest BCUT2D eigenvalue weighted by Crippen LogP contribution is -2.43. The number of hydrogen-bond donors (Lipinski definition) is 1. The zero-order valence-electron chi connectivity index (χ0n) is 25.3. The molecule has 0 atom stereocenters. The highest BCUT2D eigenvalue weighted by molar-refractivity contribution is 5.90. The molecule has 6 rings (SSSR count). The van der Waals surface area contributed by atoms with Crippen LogP contribution in [0.2, 0.25) is 0 Å². The molecule has 7 heteroatoms. The lowest BCUT2D eigenvalue weighted by Gasteiger charge is -2.32. The number of carbonyl (C=O) groups is 1. The highest BCUT2D eigenvalue weighted by Gasteiger charge is 2.14. The van der Waals surface area contributed by atoms with Gasteiger partial charge >= 0.3 is 5.97 Å². The third-order valence-electron chi connectivity index (χ3n) is 8.13. The van der Waals surface area contributed by atoms with E-state index in [4.69, 9.17) is 14.5 Å². The van der Waals surface area contributed by atoms with Crippen LogP contribution in [-0.2, 0) is 11.3 Å². The van der Waals surface area contributed by atoms with Crippen LogP contribution in [0.1, 0.15) is 21.5 Å². The van der Waals surface area contributed by atoms with Gasteiger partial charge in [-0.2, -0.15) is 0 Å². The van der Waals surface area contributed by atoms with Crippen molar-refractivity contribution in [3.63, 3.8) is 0 Å². The van der Waals surface area contributed by atoms with Gasteiger partial charge in [0.15, 0.2) is 0 Å². The number of esters is 1. The summed E-state index contributed by atoms with van der Waals surface area (Å²) in [6.07, 6.45) is 3.98. The summed E-state index contributed by atoms with van der Waals surface area (Å²) in [6, 6.07) is 30.5. The fourth-order valence-corrected chi connectivity index (χ4v) is 5.56. The summed E-state index contributed by atoms with van der Waals surface area (Å²) in [5.41, 5.74) is 5.78. The van der Waals surface area contributed by atoms with E-state index >= 15 is 0 Å². The summed E-state index contributed by atoms with van der Waals surface area (Å²) in [5.74, 6) is 0.493. The fourth-order valence-electron chi connectivity index (χ4n) is 5.56. The van der Waals surface area contributed by atoms with Gasteiger partial charge in [-0.15, -0.1) is 0 Å². The number of nitrogens with zero attached hydrogens (tertiary/aromatic N) is 3. The molecule has 0 spiro atoms. The number of nitrogens with one attached hydrogen (secondary N) is 1. The Morgan fingerprint density at radius 2 is 1.70 bits per heavy atom. The van der Waals surface area contributed by atoms with Crippen LogP contribution < -0.4 is 10.1 Å². The van der Waals surface area contributed by atoms with Crippen molar-refractivity contribution in [2.75, 3.05) is 58.8 Å². The van der Waals surface area contributed by atoms with Gasteiger partial charge in [-0.25, -0.2) is 4.79 Å². The standard InChI is InChI=1S/C37H38N4O3/c1-40-16-18-41(19-17-40)25-28-12-15-35-32(21-28)22-33(24-39-35)38-23-29(20-27-10-13-31(14-11-27)37(42)43-2)26-44-36-9-5-7-30-6-3-4-8-34(30)36/h3-15,20-22,24,38H,16-19,23,25-26H2,1-2H3. The zero-order valence-corrected chi connectivity index (χ0v) is 25.3. The van der Waals surface area contributed by atoms with E-state index in [-0.39, 0.29) is 5.97 Å². The van der Waals surface area contributed by atoms with Crippen molar-refractivity contribution in [1.29, 1.82) is 0 Å². The number of anilines is 1. The van der Waals surface area contributed by atoms with Gasteiger partial charge in [-0.05, 0) is 65.5 Å². The molecule has 1 aliphatic heterocycles. The number of pyridine rings is 1. The summed E-state index contributed by atoms with van der Waals surface area (Å²) in [6.45, 7) is 6.32. The predicted octanol–water partition coefficient (Wildman–Crippen LogP) is 6.50. The Labute approximate surface area is 258 Å². The number of carbonyl (C=O) groups excluding carboxylic acids is 1. The number of benzene rings is 4. The van der Waals surface area contributed by atoms with Crippen molar-refractivity contribution < 1.29 is 14.3 Å². The van der Waals surface area contributed by atoms with Gasteiger partial charge in [-0.1, -0.05) is 60.7 Å². The predicted molar refractivity (Wildman–Crippen MR) is 178 cm³/mol.